The number of hydrogen-bond acceptors (Lipinski definition) is 1. The van der Waals surface area contributed by atoms with Crippen molar-refractivity contribution < 1.29 is 4.74 Å². The van der Waals surface area contributed by atoms with Crippen LogP contribution in [-0.4, -0.2) is 12.7 Å². The van der Waals surface area contributed by atoms with Gasteiger partial charge in [-0.25, -0.2) is 0 Å². The Morgan fingerprint density at radius 1 is 1.29 bits per heavy atom. The lowest BCUT2D eigenvalue weighted by Crippen LogP contribution is -2.15. The molecule has 0 amide bonds. The first kappa shape index (κ1) is 12.4. The monoisotopic (exact) mass is 230 g/mol. The molecule has 1 heterocycles. The van der Waals surface area contributed by atoms with Crippen molar-refractivity contribution in [3.63, 3.8) is 0 Å². The zero-order valence-electron chi connectivity index (χ0n) is 10.9. The number of ether oxygens (including phenoxy) is 1. The molecule has 92 valence electrons. The van der Waals surface area contributed by atoms with E-state index in [2.05, 4.69) is 50.3 Å². The highest BCUT2D eigenvalue weighted by molar-refractivity contribution is 5.15. The number of hydrogen-bond donors (Lipinski definition) is 0. The minimum Gasteiger partial charge on any atom is -0.378 e. The van der Waals surface area contributed by atoms with E-state index in [1.807, 2.05) is 0 Å². The van der Waals surface area contributed by atoms with Crippen LogP contribution < -0.4 is 0 Å². The minimum atomic E-state index is 0.421. The van der Waals surface area contributed by atoms with Crippen LogP contribution in [0.2, 0.25) is 0 Å². The lowest BCUT2D eigenvalue weighted by Gasteiger charge is -2.15. The van der Waals surface area contributed by atoms with Gasteiger partial charge >= 0.3 is 0 Å². The summed E-state index contributed by atoms with van der Waals surface area (Å²) in [7, 11) is 0. The van der Waals surface area contributed by atoms with Gasteiger partial charge in [-0.05, 0) is 38.7 Å². The normalized spacial score (nSPS) is 23.6. The maximum Gasteiger partial charge on any atom is 0.0641 e. The molecule has 0 bridgehead atoms. The predicted molar refractivity (Wildman–Crippen MR) is 72.0 cm³/mol. The van der Waals surface area contributed by atoms with Gasteiger partial charge in [0.1, 0.15) is 0 Å². The fourth-order valence-electron chi connectivity index (χ4n) is 2.53. The first-order chi connectivity index (χ1) is 8.25. The highest BCUT2D eigenvalue weighted by Crippen LogP contribution is 2.26. The Morgan fingerprint density at radius 3 is 2.76 bits per heavy atom. The molecule has 0 radical (unpaired) electrons. The summed E-state index contributed by atoms with van der Waals surface area (Å²) in [5.74, 6) is 0.628. The molecule has 0 saturated carbocycles. The van der Waals surface area contributed by atoms with Crippen molar-refractivity contribution in [2.45, 2.75) is 39.2 Å². The fraction of sp³-hybridized carbons (Fsp3) is 0.500. The Morgan fingerprint density at radius 2 is 2.06 bits per heavy atom. The highest BCUT2D eigenvalue weighted by atomic mass is 16.5. The summed E-state index contributed by atoms with van der Waals surface area (Å²) in [6, 6.07) is 10.7. The first-order valence-electron chi connectivity index (χ1n) is 6.56. The SMILES string of the molecule is CC(C)=C[C@H]1CCO[C@@H]1CCc1ccccc1. The summed E-state index contributed by atoms with van der Waals surface area (Å²) in [6.45, 7) is 5.27. The van der Waals surface area contributed by atoms with Crippen molar-refractivity contribution in [2.24, 2.45) is 5.92 Å². The average Bonchev–Trinajstić information content (AvgIpc) is 2.74. The van der Waals surface area contributed by atoms with E-state index in [4.69, 9.17) is 4.74 Å². The van der Waals surface area contributed by atoms with Crippen LogP contribution in [0.1, 0.15) is 32.3 Å². The number of rotatable bonds is 4. The second-order valence-electron chi connectivity index (χ2n) is 5.13. The Balaban J connectivity index is 1.88. The summed E-state index contributed by atoms with van der Waals surface area (Å²) in [5.41, 5.74) is 2.82. The van der Waals surface area contributed by atoms with E-state index in [0.29, 0.717) is 12.0 Å². The van der Waals surface area contributed by atoms with Crippen molar-refractivity contribution in [3.05, 3.63) is 47.5 Å². The van der Waals surface area contributed by atoms with Crippen LogP contribution in [0.4, 0.5) is 0 Å². The molecule has 1 saturated heterocycles. The Hall–Kier alpha value is -1.08. The zero-order valence-corrected chi connectivity index (χ0v) is 10.9. The molecule has 0 aromatic heterocycles. The lowest BCUT2D eigenvalue weighted by atomic mass is 9.94. The molecule has 0 unspecified atom stereocenters. The molecule has 1 aliphatic rings. The maximum atomic E-state index is 5.84. The minimum absolute atomic E-state index is 0.421. The third-order valence-corrected chi connectivity index (χ3v) is 3.37. The molecular weight excluding hydrogens is 208 g/mol. The van der Waals surface area contributed by atoms with Crippen LogP contribution in [-0.2, 0) is 11.2 Å². The van der Waals surface area contributed by atoms with Gasteiger partial charge in [-0.1, -0.05) is 42.0 Å². The Kier molecular flexibility index (Phi) is 4.38. The highest BCUT2D eigenvalue weighted by Gasteiger charge is 2.25. The van der Waals surface area contributed by atoms with Gasteiger partial charge < -0.3 is 4.74 Å². The first-order valence-corrected chi connectivity index (χ1v) is 6.56. The molecule has 2 atom stereocenters. The second-order valence-corrected chi connectivity index (χ2v) is 5.13. The van der Waals surface area contributed by atoms with Crippen molar-refractivity contribution in [1.29, 1.82) is 0 Å². The number of aryl methyl sites for hydroxylation is 1. The molecule has 1 aromatic carbocycles. The zero-order chi connectivity index (χ0) is 12.1. The van der Waals surface area contributed by atoms with Gasteiger partial charge in [0.05, 0.1) is 6.10 Å². The standard InChI is InChI=1S/C16H22O/c1-13(2)12-15-10-11-17-16(15)9-8-14-6-4-3-5-7-14/h3-7,12,15-16H,8-11H2,1-2H3/t15-,16-/m1/s1. The molecule has 0 aliphatic carbocycles. The molecule has 1 nitrogen and oxygen atoms in total. The number of allylic oxidation sites excluding steroid dienone is 1. The topological polar surface area (TPSA) is 9.23 Å². The molecular formula is C16H22O. The Labute approximate surface area is 104 Å². The summed E-state index contributed by atoms with van der Waals surface area (Å²) in [4.78, 5) is 0. The van der Waals surface area contributed by atoms with Crippen molar-refractivity contribution in [3.8, 4) is 0 Å². The number of benzene rings is 1. The molecule has 0 N–H and O–H groups in total. The third kappa shape index (κ3) is 3.71. The van der Waals surface area contributed by atoms with E-state index in [1.165, 1.54) is 17.6 Å². The van der Waals surface area contributed by atoms with Crippen LogP contribution in [0.25, 0.3) is 0 Å². The third-order valence-electron chi connectivity index (χ3n) is 3.37. The van der Waals surface area contributed by atoms with E-state index in [-0.39, 0.29) is 0 Å². The lowest BCUT2D eigenvalue weighted by molar-refractivity contribution is 0.0921. The van der Waals surface area contributed by atoms with Gasteiger partial charge in [0.2, 0.25) is 0 Å². The molecule has 1 heteroatoms. The van der Waals surface area contributed by atoms with E-state index in [1.54, 1.807) is 0 Å². The van der Waals surface area contributed by atoms with Gasteiger partial charge in [0.15, 0.2) is 0 Å². The van der Waals surface area contributed by atoms with Crippen LogP contribution in [0.15, 0.2) is 42.0 Å². The van der Waals surface area contributed by atoms with Gasteiger partial charge in [-0.3, -0.25) is 0 Å². The van der Waals surface area contributed by atoms with Gasteiger partial charge in [0, 0.05) is 12.5 Å². The molecule has 1 fully saturated rings. The Bertz CT molecular complexity index is 362. The molecule has 1 aromatic rings. The fourth-order valence-corrected chi connectivity index (χ4v) is 2.53. The molecule has 2 rings (SSSR count). The quantitative estimate of drug-likeness (QED) is 0.711. The summed E-state index contributed by atoms with van der Waals surface area (Å²) in [5, 5.41) is 0. The summed E-state index contributed by atoms with van der Waals surface area (Å²) in [6.07, 6.45) is 6.25. The average molecular weight is 230 g/mol. The molecule has 17 heavy (non-hydrogen) atoms. The van der Waals surface area contributed by atoms with Crippen LogP contribution in [0, 0.1) is 5.92 Å². The summed E-state index contributed by atoms with van der Waals surface area (Å²) >= 11 is 0. The predicted octanol–water partition coefficient (Wildman–Crippen LogP) is 3.99. The molecule has 1 aliphatic heterocycles. The largest absolute Gasteiger partial charge is 0.378 e. The van der Waals surface area contributed by atoms with Crippen molar-refractivity contribution in [2.75, 3.05) is 6.61 Å². The molecule has 0 spiro atoms. The smallest absolute Gasteiger partial charge is 0.0641 e. The van der Waals surface area contributed by atoms with Gasteiger partial charge in [-0.15, -0.1) is 0 Å². The second kappa shape index (κ2) is 6.02. The maximum absolute atomic E-state index is 5.84. The van der Waals surface area contributed by atoms with E-state index in [0.717, 1.165) is 19.4 Å². The van der Waals surface area contributed by atoms with Crippen molar-refractivity contribution in [1.82, 2.24) is 0 Å². The van der Waals surface area contributed by atoms with E-state index < -0.39 is 0 Å². The van der Waals surface area contributed by atoms with Crippen LogP contribution in [0.3, 0.4) is 0 Å². The van der Waals surface area contributed by atoms with Gasteiger partial charge in [0.25, 0.3) is 0 Å². The van der Waals surface area contributed by atoms with E-state index >= 15 is 0 Å². The van der Waals surface area contributed by atoms with Crippen molar-refractivity contribution >= 4 is 0 Å². The van der Waals surface area contributed by atoms with Gasteiger partial charge in [-0.2, -0.15) is 0 Å². The van der Waals surface area contributed by atoms with Crippen LogP contribution in [0.5, 0.6) is 0 Å². The van der Waals surface area contributed by atoms with Crippen LogP contribution >= 0.6 is 0 Å². The summed E-state index contributed by atoms with van der Waals surface area (Å²) < 4.78 is 5.84. The van der Waals surface area contributed by atoms with E-state index in [9.17, 15) is 0 Å².